The van der Waals surface area contributed by atoms with E-state index in [9.17, 15) is 4.39 Å². The Morgan fingerprint density at radius 1 is 0.962 bits per heavy atom. The van der Waals surface area contributed by atoms with Gasteiger partial charge < -0.3 is 10.2 Å². The fraction of sp³-hybridized carbons (Fsp3) is 0.250. The zero-order chi connectivity index (χ0) is 17.8. The molecule has 0 spiro atoms. The third-order valence-corrected chi connectivity index (χ3v) is 4.56. The summed E-state index contributed by atoms with van der Waals surface area (Å²) in [5.41, 5.74) is 2.07. The molecule has 0 radical (unpaired) electrons. The van der Waals surface area contributed by atoms with Gasteiger partial charge in [0.1, 0.15) is 17.8 Å². The van der Waals surface area contributed by atoms with Crippen molar-refractivity contribution < 1.29 is 4.39 Å². The van der Waals surface area contributed by atoms with E-state index in [1.165, 1.54) is 19.2 Å². The van der Waals surface area contributed by atoms with Gasteiger partial charge in [-0.1, -0.05) is 36.4 Å². The number of aromatic nitrogens is 3. The molecular formula is C20H20FN5. The Hall–Kier alpha value is -3.02. The van der Waals surface area contributed by atoms with Gasteiger partial charge in [0.15, 0.2) is 11.6 Å². The molecule has 1 fully saturated rings. The van der Waals surface area contributed by atoms with Crippen LogP contribution in [0, 0.1) is 5.82 Å². The van der Waals surface area contributed by atoms with Crippen molar-refractivity contribution in [1.29, 1.82) is 0 Å². The van der Waals surface area contributed by atoms with Crippen LogP contribution in [0.15, 0.2) is 55.0 Å². The summed E-state index contributed by atoms with van der Waals surface area (Å²) >= 11 is 0. The second-order valence-electron chi connectivity index (χ2n) is 6.28. The molecule has 1 aromatic carbocycles. The standard InChI is InChI=1S/C20H20FN5/c21-17-18(15-7-2-1-3-8-15)24-14-25-19(17)23-13-16-9-6-10-22-20(16)26-11-4-5-12-26/h1-3,6-10,14H,4-5,11-13H2,(H,23,24,25). The molecule has 26 heavy (non-hydrogen) atoms. The molecule has 0 aliphatic carbocycles. The van der Waals surface area contributed by atoms with E-state index in [0.29, 0.717) is 12.2 Å². The molecule has 0 bridgehead atoms. The minimum Gasteiger partial charge on any atom is -0.363 e. The lowest BCUT2D eigenvalue weighted by atomic mass is 10.1. The number of halogens is 1. The summed E-state index contributed by atoms with van der Waals surface area (Å²) in [5.74, 6) is 0.732. The van der Waals surface area contributed by atoms with E-state index in [-0.39, 0.29) is 5.82 Å². The molecule has 3 heterocycles. The highest BCUT2D eigenvalue weighted by atomic mass is 19.1. The number of nitrogens with one attached hydrogen (secondary N) is 1. The van der Waals surface area contributed by atoms with E-state index < -0.39 is 5.82 Å². The summed E-state index contributed by atoms with van der Waals surface area (Å²) in [7, 11) is 0. The van der Waals surface area contributed by atoms with Crippen molar-refractivity contribution in [2.24, 2.45) is 0 Å². The van der Waals surface area contributed by atoms with Gasteiger partial charge in [-0.15, -0.1) is 0 Å². The first-order chi connectivity index (χ1) is 12.8. The first-order valence-electron chi connectivity index (χ1n) is 8.81. The molecular weight excluding hydrogens is 329 g/mol. The van der Waals surface area contributed by atoms with Crippen molar-refractivity contribution in [2.45, 2.75) is 19.4 Å². The van der Waals surface area contributed by atoms with Crippen LogP contribution in [0.4, 0.5) is 16.0 Å². The molecule has 0 saturated carbocycles. The minimum absolute atomic E-state index is 0.204. The third-order valence-electron chi connectivity index (χ3n) is 4.56. The quantitative estimate of drug-likeness (QED) is 0.757. The Labute approximate surface area is 151 Å². The van der Waals surface area contributed by atoms with Crippen molar-refractivity contribution in [3.05, 3.63) is 66.4 Å². The molecule has 0 amide bonds. The van der Waals surface area contributed by atoms with E-state index in [2.05, 4.69) is 25.2 Å². The van der Waals surface area contributed by atoms with E-state index in [1.54, 1.807) is 6.20 Å². The summed E-state index contributed by atoms with van der Waals surface area (Å²) in [4.78, 5) is 15.0. The van der Waals surface area contributed by atoms with Gasteiger partial charge in [0.05, 0.1) is 0 Å². The van der Waals surface area contributed by atoms with Crippen LogP contribution in [0.3, 0.4) is 0 Å². The zero-order valence-corrected chi connectivity index (χ0v) is 14.4. The van der Waals surface area contributed by atoms with Crippen molar-refractivity contribution in [3.63, 3.8) is 0 Å². The van der Waals surface area contributed by atoms with Gasteiger partial charge in [-0.25, -0.2) is 19.3 Å². The van der Waals surface area contributed by atoms with Crippen LogP contribution >= 0.6 is 0 Å². The molecule has 3 aromatic rings. The van der Waals surface area contributed by atoms with Crippen LogP contribution in [0.2, 0.25) is 0 Å². The van der Waals surface area contributed by atoms with Gasteiger partial charge in [-0.2, -0.15) is 0 Å². The highest BCUT2D eigenvalue weighted by Gasteiger charge is 2.18. The topological polar surface area (TPSA) is 53.9 Å². The molecule has 5 nitrogen and oxygen atoms in total. The maximum absolute atomic E-state index is 14.8. The maximum atomic E-state index is 14.8. The highest BCUT2D eigenvalue weighted by molar-refractivity contribution is 5.63. The third kappa shape index (κ3) is 3.35. The van der Waals surface area contributed by atoms with Gasteiger partial charge in [-0.3, -0.25) is 0 Å². The summed E-state index contributed by atoms with van der Waals surface area (Å²) in [6.07, 6.45) is 5.56. The van der Waals surface area contributed by atoms with Gasteiger partial charge >= 0.3 is 0 Å². The monoisotopic (exact) mass is 349 g/mol. The van der Waals surface area contributed by atoms with Crippen molar-refractivity contribution in [1.82, 2.24) is 15.0 Å². The molecule has 0 atom stereocenters. The minimum atomic E-state index is -0.440. The van der Waals surface area contributed by atoms with E-state index in [1.807, 2.05) is 42.5 Å². The number of nitrogens with zero attached hydrogens (tertiary/aromatic N) is 4. The largest absolute Gasteiger partial charge is 0.363 e. The first-order valence-corrected chi connectivity index (χ1v) is 8.81. The Kier molecular flexibility index (Phi) is 4.73. The molecule has 1 aliphatic rings. The lowest BCUT2D eigenvalue weighted by molar-refractivity contribution is 0.621. The molecule has 1 aliphatic heterocycles. The van der Waals surface area contributed by atoms with Gasteiger partial charge in [-0.05, 0) is 18.9 Å². The van der Waals surface area contributed by atoms with Gasteiger partial charge in [0.2, 0.25) is 0 Å². The summed E-state index contributed by atoms with van der Waals surface area (Å²) in [6, 6.07) is 13.2. The van der Waals surface area contributed by atoms with Crippen molar-refractivity contribution >= 4 is 11.6 Å². The van der Waals surface area contributed by atoms with E-state index in [0.717, 1.165) is 30.0 Å². The summed E-state index contributed by atoms with van der Waals surface area (Å²) in [5, 5.41) is 3.11. The highest BCUT2D eigenvalue weighted by Crippen LogP contribution is 2.26. The average Bonchev–Trinajstić information content (AvgIpc) is 3.23. The first kappa shape index (κ1) is 16.4. The van der Waals surface area contributed by atoms with Gasteiger partial charge in [0, 0.05) is 37.0 Å². The number of rotatable bonds is 5. The number of pyridine rings is 1. The average molecular weight is 349 g/mol. The summed E-state index contributed by atoms with van der Waals surface area (Å²) < 4.78 is 14.8. The SMILES string of the molecule is Fc1c(NCc2cccnc2N2CCCC2)ncnc1-c1ccccc1. The molecule has 0 unspecified atom stereocenters. The van der Waals surface area contributed by atoms with Crippen LogP contribution in [0.5, 0.6) is 0 Å². The number of hydrogen-bond donors (Lipinski definition) is 1. The van der Waals surface area contributed by atoms with Gasteiger partial charge in [0.25, 0.3) is 0 Å². The van der Waals surface area contributed by atoms with Crippen LogP contribution in [0.25, 0.3) is 11.3 Å². The Morgan fingerprint density at radius 3 is 2.58 bits per heavy atom. The predicted molar refractivity (Wildman–Crippen MR) is 100 cm³/mol. The lowest BCUT2D eigenvalue weighted by Gasteiger charge is -2.20. The van der Waals surface area contributed by atoms with Crippen molar-refractivity contribution in [2.75, 3.05) is 23.3 Å². The Morgan fingerprint density at radius 2 is 1.77 bits per heavy atom. The lowest BCUT2D eigenvalue weighted by Crippen LogP contribution is -2.21. The van der Waals surface area contributed by atoms with Crippen LogP contribution in [-0.4, -0.2) is 28.0 Å². The van der Waals surface area contributed by atoms with Crippen LogP contribution in [-0.2, 0) is 6.54 Å². The summed E-state index contributed by atoms with van der Waals surface area (Å²) in [6.45, 7) is 2.50. The molecule has 1 N–H and O–H groups in total. The second-order valence-corrected chi connectivity index (χ2v) is 6.28. The molecule has 2 aromatic heterocycles. The maximum Gasteiger partial charge on any atom is 0.191 e. The fourth-order valence-corrected chi connectivity index (χ4v) is 3.25. The normalized spacial score (nSPS) is 13.8. The predicted octanol–water partition coefficient (Wildman–Crippen LogP) is 3.89. The van der Waals surface area contributed by atoms with Crippen LogP contribution in [0.1, 0.15) is 18.4 Å². The molecule has 132 valence electrons. The van der Waals surface area contributed by atoms with Crippen LogP contribution < -0.4 is 10.2 Å². The Balaban J connectivity index is 1.56. The van der Waals surface area contributed by atoms with Crippen molar-refractivity contribution in [3.8, 4) is 11.3 Å². The molecule has 6 heteroatoms. The number of hydrogen-bond acceptors (Lipinski definition) is 5. The molecule has 4 rings (SSSR count). The second kappa shape index (κ2) is 7.47. The zero-order valence-electron chi connectivity index (χ0n) is 14.4. The fourth-order valence-electron chi connectivity index (χ4n) is 3.25. The Bertz CT molecular complexity index is 878. The number of benzene rings is 1. The molecule has 1 saturated heterocycles. The van der Waals surface area contributed by atoms with E-state index in [4.69, 9.17) is 0 Å². The number of anilines is 2. The van der Waals surface area contributed by atoms with E-state index >= 15 is 0 Å². The smallest absolute Gasteiger partial charge is 0.191 e.